The maximum absolute atomic E-state index is 11.7. The van der Waals surface area contributed by atoms with Crippen LogP contribution in [0.4, 0.5) is 5.69 Å². The number of ketones is 1. The first kappa shape index (κ1) is 11.4. The molecule has 0 saturated carbocycles. The van der Waals surface area contributed by atoms with E-state index in [1.807, 2.05) is 0 Å². The van der Waals surface area contributed by atoms with E-state index in [1.54, 1.807) is 12.4 Å². The van der Waals surface area contributed by atoms with Crippen molar-refractivity contribution in [2.75, 3.05) is 5.75 Å². The molecule has 0 amide bonds. The number of aromatic nitrogens is 3. The van der Waals surface area contributed by atoms with Gasteiger partial charge in [0.05, 0.1) is 22.6 Å². The van der Waals surface area contributed by atoms with Crippen LogP contribution in [0, 0.1) is 10.1 Å². The Bertz CT molecular complexity index is 534. The molecule has 0 atom stereocenters. The third-order valence-corrected chi connectivity index (χ3v) is 2.90. The number of nitrogens with zero attached hydrogens (tertiary/aromatic N) is 2. The monoisotopic (exact) mass is 252 g/mol. The van der Waals surface area contributed by atoms with Crippen molar-refractivity contribution < 1.29 is 9.72 Å². The molecule has 8 heteroatoms. The fraction of sp³-hybridized carbons (Fsp3) is 0.111. The van der Waals surface area contributed by atoms with E-state index in [-0.39, 0.29) is 22.9 Å². The smallest absolute Gasteiger partial charge is 0.287 e. The van der Waals surface area contributed by atoms with Crippen molar-refractivity contribution in [3.63, 3.8) is 0 Å². The number of carbonyl (C=O) groups is 1. The van der Waals surface area contributed by atoms with Crippen molar-refractivity contribution in [3.8, 4) is 0 Å². The Morgan fingerprint density at radius 1 is 1.53 bits per heavy atom. The van der Waals surface area contributed by atoms with Crippen LogP contribution in [0.1, 0.15) is 10.5 Å². The summed E-state index contributed by atoms with van der Waals surface area (Å²) >= 11 is 1.24. The van der Waals surface area contributed by atoms with Crippen LogP contribution < -0.4 is 0 Å². The van der Waals surface area contributed by atoms with Crippen LogP contribution in [0.2, 0.25) is 0 Å². The molecule has 0 aromatic carbocycles. The molecule has 0 aliphatic rings. The van der Waals surface area contributed by atoms with Gasteiger partial charge in [-0.25, -0.2) is 4.98 Å². The third-order valence-electron chi connectivity index (χ3n) is 1.99. The van der Waals surface area contributed by atoms with Crippen molar-refractivity contribution in [2.24, 2.45) is 0 Å². The average molecular weight is 252 g/mol. The molecule has 0 unspecified atom stereocenters. The summed E-state index contributed by atoms with van der Waals surface area (Å²) in [5, 5.41) is 11.1. The topological polar surface area (TPSA) is 105 Å². The van der Waals surface area contributed by atoms with Gasteiger partial charge in [-0.05, 0) is 0 Å². The Hall–Kier alpha value is -2.09. The van der Waals surface area contributed by atoms with E-state index in [0.717, 1.165) is 0 Å². The van der Waals surface area contributed by atoms with Gasteiger partial charge in [0.1, 0.15) is 0 Å². The lowest BCUT2D eigenvalue weighted by atomic mass is 10.3. The largest absolute Gasteiger partial charge is 0.353 e. The van der Waals surface area contributed by atoms with E-state index in [9.17, 15) is 14.9 Å². The lowest BCUT2D eigenvalue weighted by molar-refractivity contribution is -0.384. The number of hydrogen-bond donors (Lipinski definition) is 2. The second-order valence-corrected chi connectivity index (χ2v) is 4.10. The quantitative estimate of drug-likeness (QED) is 0.364. The molecule has 2 heterocycles. The average Bonchev–Trinajstić information content (AvgIpc) is 2.96. The van der Waals surface area contributed by atoms with E-state index in [0.29, 0.717) is 5.16 Å². The number of carbonyl (C=O) groups excluding carboxylic acids is 1. The van der Waals surface area contributed by atoms with Crippen LogP contribution in [0.3, 0.4) is 0 Å². The molecule has 2 aromatic rings. The number of H-pyrrole nitrogens is 2. The molecule has 0 fully saturated rings. The Morgan fingerprint density at radius 3 is 2.94 bits per heavy atom. The summed E-state index contributed by atoms with van der Waals surface area (Å²) in [6.45, 7) is 0. The lowest BCUT2D eigenvalue weighted by Crippen LogP contribution is -2.02. The number of Topliss-reactive ketones (excluding diaryl/α,β-unsaturated/α-hetero) is 1. The first-order valence-corrected chi connectivity index (χ1v) is 5.63. The predicted octanol–water partition coefficient (Wildman–Crippen LogP) is 1.62. The van der Waals surface area contributed by atoms with Gasteiger partial charge in [-0.15, -0.1) is 0 Å². The summed E-state index contributed by atoms with van der Waals surface area (Å²) < 4.78 is 0. The number of hydrogen-bond acceptors (Lipinski definition) is 5. The van der Waals surface area contributed by atoms with Crippen LogP contribution in [-0.4, -0.2) is 31.4 Å². The van der Waals surface area contributed by atoms with Gasteiger partial charge in [0.2, 0.25) is 0 Å². The first-order chi connectivity index (χ1) is 8.16. The molecular weight excluding hydrogens is 244 g/mol. The fourth-order valence-corrected chi connectivity index (χ4v) is 1.90. The van der Waals surface area contributed by atoms with E-state index in [1.165, 1.54) is 24.0 Å². The summed E-state index contributed by atoms with van der Waals surface area (Å²) in [6.07, 6.45) is 4.45. The van der Waals surface area contributed by atoms with Crippen molar-refractivity contribution in [3.05, 3.63) is 40.5 Å². The van der Waals surface area contributed by atoms with Crippen LogP contribution in [0.25, 0.3) is 0 Å². The molecule has 17 heavy (non-hydrogen) atoms. The Morgan fingerprint density at radius 2 is 2.35 bits per heavy atom. The first-order valence-electron chi connectivity index (χ1n) is 4.65. The predicted molar refractivity (Wildman–Crippen MR) is 61.1 cm³/mol. The number of thioether (sulfide) groups is 1. The standard InChI is InChI=1S/C9H8N4O3S/c14-8(5-17-9-10-1-2-11-9)7-3-6(4-12-7)13(15)16/h1-4,12H,5H2,(H,10,11). The maximum atomic E-state index is 11.7. The molecule has 0 saturated heterocycles. The molecular formula is C9H8N4O3S. The summed E-state index contributed by atoms with van der Waals surface area (Å²) in [5.74, 6) is -0.0370. The SMILES string of the molecule is O=C(CSc1ncc[nH]1)c1cc([N+](=O)[O-])c[nH]1. The van der Waals surface area contributed by atoms with Crippen molar-refractivity contribution in [1.29, 1.82) is 0 Å². The zero-order valence-corrected chi connectivity index (χ0v) is 9.36. The van der Waals surface area contributed by atoms with Crippen LogP contribution in [-0.2, 0) is 0 Å². The summed E-state index contributed by atoms with van der Waals surface area (Å²) in [4.78, 5) is 30.9. The van der Waals surface area contributed by atoms with Gasteiger partial charge in [0.25, 0.3) is 5.69 Å². The van der Waals surface area contributed by atoms with Gasteiger partial charge in [0, 0.05) is 18.5 Å². The molecule has 7 nitrogen and oxygen atoms in total. The van der Waals surface area contributed by atoms with Crippen LogP contribution in [0.5, 0.6) is 0 Å². The highest BCUT2D eigenvalue weighted by Crippen LogP contribution is 2.17. The van der Waals surface area contributed by atoms with E-state index in [4.69, 9.17) is 0 Å². The molecule has 0 aliphatic carbocycles. The zero-order chi connectivity index (χ0) is 12.3. The molecule has 2 aromatic heterocycles. The minimum Gasteiger partial charge on any atom is -0.353 e. The second-order valence-electron chi connectivity index (χ2n) is 3.13. The molecule has 0 bridgehead atoms. The van der Waals surface area contributed by atoms with Crippen molar-refractivity contribution in [1.82, 2.24) is 15.0 Å². The number of rotatable bonds is 5. The summed E-state index contributed by atoms with van der Waals surface area (Å²) in [6, 6.07) is 1.23. The highest BCUT2D eigenvalue weighted by Gasteiger charge is 2.14. The highest BCUT2D eigenvalue weighted by atomic mass is 32.2. The number of imidazole rings is 1. The Kier molecular flexibility index (Phi) is 3.24. The van der Waals surface area contributed by atoms with Crippen LogP contribution in [0.15, 0.2) is 29.8 Å². The van der Waals surface area contributed by atoms with Gasteiger partial charge >= 0.3 is 0 Å². The fourth-order valence-electron chi connectivity index (χ4n) is 1.19. The summed E-state index contributed by atoms with van der Waals surface area (Å²) in [5.41, 5.74) is 0.118. The number of aromatic amines is 2. The van der Waals surface area contributed by atoms with Gasteiger partial charge in [0.15, 0.2) is 10.9 Å². The Labute approximate surface area is 99.8 Å². The lowest BCUT2D eigenvalue weighted by Gasteiger charge is -1.95. The highest BCUT2D eigenvalue weighted by molar-refractivity contribution is 7.99. The van der Waals surface area contributed by atoms with E-state index in [2.05, 4.69) is 15.0 Å². The normalized spacial score (nSPS) is 10.4. The van der Waals surface area contributed by atoms with E-state index < -0.39 is 4.92 Å². The minimum absolute atomic E-state index is 0.114. The molecule has 0 aliphatic heterocycles. The van der Waals surface area contributed by atoms with Crippen LogP contribution >= 0.6 is 11.8 Å². The van der Waals surface area contributed by atoms with Gasteiger partial charge in [-0.1, -0.05) is 11.8 Å². The van der Waals surface area contributed by atoms with E-state index >= 15 is 0 Å². The second kappa shape index (κ2) is 4.83. The van der Waals surface area contributed by atoms with Crippen molar-refractivity contribution >= 4 is 23.2 Å². The van der Waals surface area contributed by atoms with Gasteiger partial charge in [-0.2, -0.15) is 0 Å². The maximum Gasteiger partial charge on any atom is 0.287 e. The molecule has 2 N–H and O–H groups in total. The zero-order valence-electron chi connectivity index (χ0n) is 8.54. The van der Waals surface area contributed by atoms with Crippen molar-refractivity contribution in [2.45, 2.75) is 5.16 Å². The molecule has 0 radical (unpaired) electrons. The molecule has 2 rings (SSSR count). The number of nitro groups is 1. The molecule has 0 spiro atoms. The van der Waals surface area contributed by atoms with Gasteiger partial charge < -0.3 is 9.97 Å². The molecule has 88 valence electrons. The summed E-state index contributed by atoms with van der Waals surface area (Å²) in [7, 11) is 0. The van der Waals surface area contributed by atoms with Gasteiger partial charge in [-0.3, -0.25) is 14.9 Å². The minimum atomic E-state index is -0.549. The number of nitrogens with one attached hydrogen (secondary N) is 2. The Balaban J connectivity index is 1.97. The third kappa shape index (κ3) is 2.72.